The summed E-state index contributed by atoms with van der Waals surface area (Å²) in [5.41, 5.74) is 20.2. The first-order valence-corrected chi connectivity index (χ1v) is 32.8. The van der Waals surface area contributed by atoms with Gasteiger partial charge in [-0.05, 0) is 127 Å². The molecule has 0 spiro atoms. The molecule has 2 aliphatic heterocycles. The predicted octanol–water partition coefficient (Wildman–Crippen LogP) is 25.2. The molecule has 0 bridgehead atoms. The number of anilines is 10. The Kier molecular flexibility index (Phi) is 14.5. The number of fused-ring (bicyclic) bond motifs is 6. The third kappa shape index (κ3) is 12.3. The van der Waals surface area contributed by atoms with Crippen LogP contribution in [-0.2, 0) is 37.3 Å². The van der Waals surface area contributed by atoms with Crippen LogP contribution in [0.15, 0.2) is 285 Å². The second-order valence-corrected chi connectivity index (χ2v) is 28.0. The van der Waals surface area contributed by atoms with Gasteiger partial charge in [0, 0.05) is 76.4 Å². The maximum absolute atomic E-state index is 9.58. The van der Waals surface area contributed by atoms with E-state index in [4.69, 9.17) is 13.2 Å². The summed E-state index contributed by atoms with van der Waals surface area (Å²) in [4.78, 5) is 13.8. The fourth-order valence-corrected chi connectivity index (χ4v) is 13.3. The molecule has 0 amide bonds. The molecule has 480 valence electrons. The minimum absolute atomic E-state index is 0. The van der Waals surface area contributed by atoms with Crippen molar-refractivity contribution >= 4 is 57.0 Å². The van der Waals surface area contributed by atoms with Crippen LogP contribution in [0.3, 0.4) is 0 Å². The van der Waals surface area contributed by atoms with Gasteiger partial charge in [-0.3, -0.25) is 0 Å². The number of para-hydroxylation sites is 4. The van der Waals surface area contributed by atoms with Gasteiger partial charge in [-0.15, -0.1) is 53.8 Å². The topological polar surface area (TPSA) is 25.9 Å². The summed E-state index contributed by atoms with van der Waals surface area (Å²) in [5.74, 6) is 0.402. The summed E-state index contributed by atoms with van der Waals surface area (Å²) in [6, 6.07) is 91.1. The van der Waals surface area contributed by atoms with Crippen molar-refractivity contribution in [1.82, 2.24) is 4.98 Å². The maximum Gasteiger partial charge on any atom is 0.135 e. The van der Waals surface area contributed by atoms with E-state index in [0.29, 0.717) is 45.4 Å². The molecule has 97 heavy (non-hydrogen) atoms. The predicted molar refractivity (Wildman–Crippen MR) is 405 cm³/mol. The average molecular weight is 1440 g/mol. The summed E-state index contributed by atoms with van der Waals surface area (Å²) in [6.07, 6.45) is 1.69. The Morgan fingerprint density at radius 1 is 0.402 bits per heavy atom. The number of aryl methyl sites for hydroxylation is 1. The molecule has 3 heterocycles. The standard InChI is InChI=1S/C91H78N5.Pt/c1-61-48-87(92-59-82(61)65-36-21-14-22-37-65)96-83-43-26-25-40-80(83)78-38-23-24-39-79(78)81-47-46-72(58-86(81)96)95(74-52-66(62-30-15-11-16-31-62)49-67(53-74)63-32-17-12-18-33-63)75-56-71(91(8,9)10)55-73(57-75)93-60-94(85-45-28-27-44-84(85)93)88-76(64-34-19-13-20-35-64)41-29-42-77(88)68-50-69(89(2,3)4)54-70(51-68)90(5,6)7;/h11-56,59-60H,1-10H3;/q-3;/i1D3,13D,19D,20D,34D,35D;. The minimum atomic E-state index is -2.53. The second-order valence-electron chi connectivity index (χ2n) is 28.0. The van der Waals surface area contributed by atoms with Crippen LogP contribution in [0.2, 0.25) is 0 Å². The number of pyridine rings is 1. The Morgan fingerprint density at radius 2 is 0.918 bits per heavy atom. The zero-order valence-corrected chi connectivity index (χ0v) is 58.2. The van der Waals surface area contributed by atoms with E-state index < -0.39 is 30.4 Å². The SMILES string of the molecule is [2H]c1c([2H])c([2H])c(-c2cccc(-c3cc(C(C)(C)C)cc(C(C)(C)C)c3)c2N2[CH-]N(c3[c-]c(N(c4[c-]c5c(cc4)-c4ccccc4-c4ccccc4N5c4cc(C([2H])([2H])[2H])c(-c5ccccc5)cn4)c4cc(-c5ccccc5)cc(-c5ccccc5)c4)cc(C(C)(C)C)c3)c3ccccc32)c([2H])c1[2H].[Pt]. The van der Waals surface area contributed by atoms with E-state index in [-0.39, 0.29) is 55.1 Å². The van der Waals surface area contributed by atoms with Gasteiger partial charge >= 0.3 is 0 Å². The smallest absolute Gasteiger partial charge is 0.135 e. The molecule has 5 nitrogen and oxygen atoms in total. The van der Waals surface area contributed by atoms with Crippen LogP contribution in [-0.4, -0.2) is 4.98 Å². The molecule has 0 aliphatic carbocycles. The molecule has 0 unspecified atom stereocenters. The van der Waals surface area contributed by atoms with Crippen LogP contribution < -0.4 is 19.6 Å². The Morgan fingerprint density at radius 3 is 1.52 bits per heavy atom. The van der Waals surface area contributed by atoms with Gasteiger partial charge in [-0.2, -0.15) is 6.07 Å². The first-order valence-electron chi connectivity index (χ1n) is 36.8. The zero-order valence-electron chi connectivity index (χ0n) is 63.9. The Labute approximate surface area is 599 Å². The Balaban J connectivity index is 0.00000928. The molecule has 0 saturated carbocycles. The van der Waals surface area contributed by atoms with Crippen LogP contribution in [0.25, 0.3) is 77.9 Å². The number of hydrogen-bond donors (Lipinski definition) is 0. The number of rotatable bonds is 11. The Hall–Kier alpha value is -10.3. The fraction of sp³-hybridized carbons (Fsp3) is 0.143. The summed E-state index contributed by atoms with van der Waals surface area (Å²) in [6.45, 7) is 19.4. The van der Waals surface area contributed by atoms with E-state index in [1.807, 2.05) is 91.0 Å². The summed E-state index contributed by atoms with van der Waals surface area (Å²) >= 11 is 0. The maximum atomic E-state index is 9.58. The van der Waals surface area contributed by atoms with E-state index in [0.717, 1.165) is 101 Å². The van der Waals surface area contributed by atoms with Gasteiger partial charge in [-0.25, -0.2) is 4.98 Å². The van der Waals surface area contributed by atoms with Gasteiger partial charge < -0.3 is 19.6 Å². The van der Waals surface area contributed by atoms with Crippen molar-refractivity contribution in [2.24, 2.45) is 0 Å². The first-order chi connectivity index (χ1) is 49.7. The second kappa shape index (κ2) is 25.7. The number of hydrogen-bond acceptors (Lipinski definition) is 5. The van der Waals surface area contributed by atoms with Crippen molar-refractivity contribution in [2.75, 3.05) is 19.6 Å². The summed E-state index contributed by atoms with van der Waals surface area (Å²) in [5, 5.41) is 0. The van der Waals surface area contributed by atoms with Gasteiger partial charge in [0.15, 0.2) is 0 Å². The molecule has 1 aromatic heterocycles. The molecule has 2 aliphatic rings. The third-order valence-corrected chi connectivity index (χ3v) is 18.5. The summed E-state index contributed by atoms with van der Waals surface area (Å²) in [7, 11) is 0. The quantitative estimate of drug-likeness (QED) is 0.120. The van der Waals surface area contributed by atoms with Gasteiger partial charge in [0.05, 0.1) is 12.5 Å². The fourth-order valence-electron chi connectivity index (χ4n) is 13.3. The molecule has 15 rings (SSSR count). The van der Waals surface area contributed by atoms with Gasteiger partial charge in [0.1, 0.15) is 5.82 Å². The molecule has 0 N–H and O–H groups in total. The van der Waals surface area contributed by atoms with Gasteiger partial charge in [0.25, 0.3) is 0 Å². The molecule has 12 aromatic carbocycles. The molecular formula is C91H78N5Pt-3. The minimum Gasteiger partial charge on any atom is -0.493 e. The molecule has 6 heteroatoms. The number of aromatic nitrogens is 1. The molecule has 0 radical (unpaired) electrons. The Bertz CT molecular complexity index is 5390. The summed E-state index contributed by atoms with van der Waals surface area (Å²) < 4.78 is 73.3. The average Bonchev–Trinajstić information content (AvgIpc) is 1.67. The van der Waals surface area contributed by atoms with E-state index in [1.165, 1.54) is 0 Å². The van der Waals surface area contributed by atoms with Gasteiger partial charge in [0.2, 0.25) is 0 Å². The van der Waals surface area contributed by atoms with Crippen molar-refractivity contribution in [3.8, 4) is 77.9 Å². The van der Waals surface area contributed by atoms with E-state index in [1.54, 1.807) is 12.3 Å². The van der Waals surface area contributed by atoms with E-state index in [9.17, 15) is 2.74 Å². The van der Waals surface area contributed by atoms with E-state index >= 15 is 0 Å². The van der Waals surface area contributed by atoms with Crippen LogP contribution in [0.1, 0.15) is 95.5 Å². The van der Waals surface area contributed by atoms with Crippen molar-refractivity contribution in [3.05, 3.63) is 326 Å². The van der Waals surface area contributed by atoms with Gasteiger partial charge in [-0.1, -0.05) is 297 Å². The van der Waals surface area contributed by atoms with Crippen LogP contribution in [0.4, 0.5) is 57.0 Å². The van der Waals surface area contributed by atoms with Crippen molar-refractivity contribution < 1.29 is 32.0 Å². The van der Waals surface area contributed by atoms with Crippen LogP contribution in [0, 0.1) is 25.7 Å². The normalized spacial score (nSPS) is 14.0. The molecular weight excluding hydrogens is 1360 g/mol. The third-order valence-electron chi connectivity index (χ3n) is 18.5. The molecule has 13 aromatic rings. The molecule has 0 atom stereocenters. The zero-order chi connectivity index (χ0) is 72.9. The monoisotopic (exact) mass is 1440 g/mol. The number of benzene rings is 12. The molecule has 0 saturated heterocycles. The van der Waals surface area contributed by atoms with Crippen molar-refractivity contribution in [3.63, 3.8) is 0 Å². The largest absolute Gasteiger partial charge is 0.493 e. The van der Waals surface area contributed by atoms with Crippen molar-refractivity contribution in [1.29, 1.82) is 0 Å². The van der Waals surface area contributed by atoms with Crippen molar-refractivity contribution in [2.45, 2.75) is 85.4 Å². The van der Waals surface area contributed by atoms with Crippen LogP contribution in [0.5, 0.6) is 0 Å². The first kappa shape index (κ1) is 54.9. The van der Waals surface area contributed by atoms with Crippen LogP contribution >= 0.6 is 0 Å². The number of nitrogens with zero attached hydrogens (tertiary/aromatic N) is 5. The van der Waals surface area contributed by atoms with E-state index in [2.05, 4.69) is 252 Å². The molecule has 0 fully saturated rings.